The molecule has 2 heterocycles. The third kappa shape index (κ3) is 1.92. The molecule has 0 bridgehead atoms. The number of carbonyl (C=O) groups excluding carboxylic acids is 1. The third-order valence-corrected chi connectivity index (χ3v) is 3.62. The lowest BCUT2D eigenvalue weighted by Gasteiger charge is -2.02. The van der Waals surface area contributed by atoms with Gasteiger partial charge in [-0.2, -0.15) is 0 Å². The highest BCUT2D eigenvalue weighted by molar-refractivity contribution is 5.86. The van der Waals surface area contributed by atoms with E-state index < -0.39 is 0 Å². The number of imidazole rings is 1. The molecule has 0 saturated carbocycles. The highest BCUT2D eigenvalue weighted by Gasteiger charge is 2.14. The van der Waals surface area contributed by atoms with Crippen molar-refractivity contribution in [2.45, 2.75) is 20.3 Å². The van der Waals surface area contributed by atoms with Crippen LogP contribution in [0.4, 0.5) is 0 Å². The molecule has 0 unspecified atom stereocenters. The summed E-state index contributed by atoms with van der Waals surface area (Å²) in [4.78, 5) is 16.1. The first-order valence-electron chi connectivity index (χ1n) is 6.77. The van der Waals surface area contributed by atoms with Crippen LogP contribution < -0.4 is 0 Å². The SMILES string of the molecule is CCc1ccc(-c2nc3cccc(C)n3c2C=O)cc1. The highest BCUT2D eigenvalue weighted by Crippen LogP contribution is 2.24. The molecule has 100 valence electrons. The van der Waals surface area contributed by atoms with Crippen LogP contribution in [0, 0.1) is 6.92 Å². The van der Waals surface area contributed by atoms with E-state index in [2.05, 4.69) is 24.0 Å². The maximum Gasteiger partial charge on any atom is 0.169 e. The number of benzene rings is 1. The van der Waals surface area contributed by atoms with Gasteiger partial charge in [0.05, 0.1) is 0 Å². The first kappa shape index (κ1) is 12.6. The molecule has 0 amide bonds. The molecule has 0 aliphatic rings. The van der Waals surface area contributed by atoms with E-state index in [9.17, 15) is 4.79 Å². The smallest absolute Gasteiger partial charge is 0.169 e. The van der Waals surface area contributed by atoms with Crippen molar-refractivity contribution in [2.75, 3.05) is 0 Å². The number of aromatic nitrogens is 2. The molecule has 2 aromatic heterocycles. The summed E-state index contributed by atoms with van der Waals surface area (Å²) in [7, 11) is 0. The van der Waals surface area contributed by atoms with Gasteiger partial charge in [0.2, 0.25) is 0 Å². The first-order valence-corrected chi connectivity index (χ1v) is 6.77. The lowest BCUT2D eigenvalue weighted by atomic mass is 10.1. The molecule has 1 aromatic carbocycles. The Kier molecular flexibility index (Phi) is 3.11. The minimum absolute atomic E-state index is 0.613. The number of nitrogens with zero attached hydrogens (tertiary/aromatic N) is 2. The zero-order chi connectivity index (χ0) is 14.1. The lowest BCUT2D eigenvalue weighted by Crippen LogP contribution is -1.96. The topological polar surface area (TPSA) is 34.4 Å². The second-order valence-corrected chi connectivity index (χ2v) is 4.87. The summed E-state index contributed by atoms with van der Waals surface area (Å²) >= 11 is 0. The molecular weight excluding hydrogens is 248 g/mol. The summed E-state index contributed by atoms with van der Waals surface area (Å²) in [6.07, 6.45) is 1.89. The summed E-state index contributed by atoms with van der Waals surface area (Å²) in [5.74, 6) is 0. The third-order valence-electron chi connectivity index (χ3n) is 3.62. The van der Waals surface area contributed by atoms with Gasteiger partial charge in [0, 0.05) is 11.3 Å². The zero-order valence-electron chi connectivity index (χ0n) is 11.6. The molecule has 3 aromatic rings. The maximum absolute atomic E-state index is 11.5. The van der Waals surface area contributed by atoms with Gasteiger partial charge in [-0.15, -0.1) is 0 Å². The monoisotopic (exact) mass is 264 g/mol. The van der Waals surface area contributed by atoms with Gasteiger partial charge in [0.15, 0.2) is 6.29 Å². The summed E-state index contributed by atoms with van der Waals surface area (Å²) in [6.45, 7) is 4.10. The quantitative estimate of drug-likeness (QED) is 0.676. The van der Waals surface area contributed by atoms with E-state index in [1.165, 1.54) is 5.56 Å². The minimum Gasteiger partial charge on any atom is -0.296 e. The van der Waals surface area contributed by atoms with Gasteiger partial charge in [-0.25, -0.2) is 4.98 Å². The highest BCUT2D eigenvalue weighted by atomic mass is 16.1. The zero-order valence-corrected chi connectivity index (χ0v) is 11.6. The predicted molar refractivity (Wildman–Crippen MR) is 80.1 cm³/mol. The van der Waals surface area contributed by atoms with E-state index in [1.807, 2.05) is 41.7 Å². The number of pyridine rings is 1. The van der Waals surface area contributed by atoms with Crippen LogP contribution in [-0.2, 0) is 6.42 Å². The molecular formula is C17H16N2O. The maximum atomic E-state index is 11.5. The fourth-order valence-electron chi connectivity index (χ4n) is 2.50. The Morgan fingerprint density at radius 2 is 1.90 bits per heavy atom. The molecule has 3 heteroatoms. The van der Waals surface area contributed by atoms with Gasteiger partial charge in [-0.05, 0) is 31.0 Å². The fourth-order valence-corrected chi connectivity index (χ4v) is 2.50. The van der Waals surface area contributed by atoms with Crippen LogP contribution in [-0.4, -0.2) is 15.7 Å². The van der Waals surface area contributed by atoms with Crippen LogP contribution in [0.2, 0.25) is 0 Å². The van der Waals surface area contributed by atoms with Crippen LogP contribution in [0.1, 0.15) is 28.7 Å². The molecule has 0 N–H and O–H groups in total. The Bertz CT molecular complexity index is 770. The Morgan fingerprint density at radius 3 is 2.55 bits per heavy atom. The van der Waals surface area contributed by atoms with Crippen molar-refractivity contribution in [1.29, 1.82) is 0 Å². The number of rotatable bonds is 3. The molecule has 0 atom stereocenters. The molecule has 20 heavy (non-hydrogen) atoms. The fraction of sp³-hybridized carbons (Fsp3) is 0.176. The van der Waals surface area contributed by atoms with Crippen LogP contribution in [0.5, 0.6) is 0 Å². The molecule has 0 fully saturated rings. The van der Waals surface area contributed by atoms with Crippen molar-refractivity contribution in [3.63, 3.8) is 0 Å². The predicted octanol–water partition coefficient (Wildman–Crippen LogP) is 3.68. The van der Waals surface area contributed by atoms with Crippen molar-refractivity contribution in [3.05, 3.63) is 59.4 Å². The van der Waals surface area contributed by atoms with E-state index in [1.54, 1.807) is 0 Å². The largest absolute Gasteiger partial charge is 0.296 e. The molecule has 3 rings (SSSR count). The molecule has 0 spiro atoms. The summed E-state index contributed by atoms with van der Waals surface area (Å²) < 4.78 is 1.90. The molecule has 0 aliphatic carbocycles. The number of aryl methyl sites for hydroxylation is 2. The molecule has 0 aliphatic heterocycles. The standard InChI is InChI=1S/C17H16N2O/c1-3-13-7-9-14(10-8-13)17-15(11-20)19-12(2)5-4-6-16(19)18-17/h4-11H,3H2,1-2H3. The van der Waals surface area contributed by atoms with E-state index in [0.717, 1.165) is 35.3 Å². The average molecular weight is 264 g/mol. The van der Waals surface area contributed by atoms with Gasteiger partial charge >= 0.3 is 0 Å². The Hall–Kier alpha value is -2.42. The van der Waals surface area contributed by atoms with Crippen molar-refractivity contribution < 1.29 is 4.79 Å². The Labute approximate surface area is 117 Å². The van der Waals surface area contributed by atoms with Crippen molar-refractivity contribution in [3.8, 4) is 11.3 Å². The summed E-state index contributed by atoms with van der Waals surface area (Å²) in [5, 5.41) is 0. The van der Waals surface area contributed by atoms with Gasteiger partial charge in [0.1, 0.15) is 17.0 Å². The number of carbonyl (C=O) groups is 1. The van der Waals surface area contributed by atoms with Crippen LogP contribution in [0.15, 0.2) is 42.5 Å². The van der Waals surface area contributed by atoms with Gasteiger partial charge in [-0.3, -0.25) is 9.20 Å². The van der Waals surface area contributed by atoms with E-state index in [-0.39, 0.29) is 0 Å². The molecule has 0 saturated heterocycles. The average Bonchev–Trinajstić information content (AvgIpc) is 2.87. The lowest BCUT2D eigenvalue weighted by molar-refractivity contribution is 0.111. The number of aldehydes is 1. The van der Waals surface area contributed by atoms with Crippen molar-refractivity contribution in [2.24, 2.45) is 0 Å². The molecule has 3 nitrogen and oxygen atoms in total. The molecule has 0 radical (unpaired) electrons. The summed E-state index contributed by atoms with van der Waals surface area (Å²) in [5.41, 5.74) is 5.43. The van der Waals surface area contributed by atoms with E-state index in [4.69, 9.17) is 0 Å². The number of hydrogen-bond acceptors (Lipinski definition) is 2. The summed E-state index contributed by atoms with van der Waals surface area (Å²) in [6, 6.07) is 14.1. The number of hydrogen-bond donors (Lipinski definition) is 0. The van der Waals surface area contributed by atoms with Gasteiger partial charge in [0.25, 0.3) is 0 Å². The van der Waals surface area contributed by atoms with Crippen LogP contribution in [0.25, 0.3) is 16.9 Å². The second kappa shape index (κ2) is 4.93. The second-order valence-electron chi connectivity index (χ2n) is 4.87. The normalized spacial score (nSPS) is 10.9. The van der Waals surface area contributed by atoms with Crippen LogP contribution in [0.3, 0.4) is 0 Å². The Balaban J connectivity index is 2.24. The van der Waals surface area contributed by atoms with Crippen molar-refractivity contribution >= 4 is 11.9 Å². The van der Waals surface area contributed by atoms with Gasteiger partial charge < -0.3 is 0 Å². The van der Waals surface area contributed by atoms with Crippen molar-refractivity contribution in [1.82, 2.24) is 9.38 Å². The van der Waals surface area contributed by atoms with Crippen LogP contribution >= 0.6 is 0 Å². The Morgan fingerprint density at radius 1 is 1.15 bits per heavy atom. The first-order chi connectivity index (χ1) is 9.74. The van der Waals surface area contributed by atoms with E-state index >= 15 is 0 Å². The van der Waals surface area contributed by atoms with E-state index in [0.29, 0.717) is 5.69 Å². The minimum atomic E-state index is 0.613. The van der Waals surface area contributed by atoms with Gasteiger partial charge in [-0.1, -0.05) is 37.3 Å². The number of fused-ring (bicyclic) bond motifs is 1.